The molecule has 138 valence electrons. The van der Waals surface area contributed by atoms with Gasteiger partial charge in [-0.3, -0.25) is 14.7 Å². The highest BCUT2D eigenvalue weighted by atomic mass is 16.5. The van der Waals surface area contributed by atoms with E-state index in [1.54, 1.807) is 6.20 Å². The van der Waals surface area contributed by atoms with Crippen LogP contribution in [0.4, 0.5) is 0 Å². The van der Waals surface area contributed by atoms with E-state index in [1.807, 2.05) is 18.3 Å². The van der Waals surface area contributed by atoms with Crippen molar-refractivity contribution in [3.63, 3.8) is 0 Å². The van der Waals surface area contributed by atoms with E-state index < -0.39 is 0 Å². The number of carbonyl (C=O) groups excluding carboxylic acids is 1. The molecule has 0 radical (unpaired) electrons. The lowest BCUT2D eigenvalue weighted by Crippen LogP contribution is -2.39. The molecule has 1 N–H and O–H groups in total. The number of rotatable bonds is 6. The number of ether oxygens (including phenoxy) is 1. The van der Waals surface area contributed by atoms with Gasteiger partial charge in [-0.05, 0) is 36.6 Å². The highest BCUT2D eigenvalue weighted by molar-refractivity contribution is 5.77. The van der Waals surface area contributed by atoms with Crippen molar-refractivity contribution < 1.29 is 9.53 Å². The van der Waals surface area contributed by atoms with Gasteiger partial charge in [-0.15, -0.1) is 0 Å². The summed E-state index contributed by atoms with van der Waals surface area (Å²) in [6, 6.07) is 10.1. The first-order valence-electron chi connectivity index (χ1n) is 9.20. The van der Waals surface area contributed by atoms with E-state index >= 15 is 0 Å². The van der Waals surface area contributed by atoms with Gasteiger partial charge in [0.2, 0.25) is 5.91 Å². The van der Waals surface area contributed by atoms with Crippen LogP contribution in [0.5, 0.6) is 0 Å². The molecule has 1 unspecified atom stereocenters. The highest BCUT2D eigenvalue weighted by Gasteiger charge is 2.20. The van der Waals surface area contributed by atoms with Crippen LogP contribution in [0.25, 0.3) is 0 Å². The normalized spacial score (nSPS) is 16.2. The molecule has 1 saturated heterocycles. The lowest BCUT2D eigenvalue weighted by atomic mass is 9.94. The van der Waals surface area contributed by atoms with Crippen molar-refractivity contribution >= 4 is 5.91 Å². The Morgan fingerprint density at radius 3 is 2.77 bits per heavy atom. The summed E-state index contributed by atoms with van der Waals surface area (Å²) in [7, 11) is 0. The molecule has 1 aliphatic heterocycles. The number of nitrogens with zero attached hydrogens (tertiary/aromatic N) is 2. The molecule has 1 atom stereocenters. The van der Waals surface area contributed by atoms with Gasteiger partial charge in [0.25, 0.3) is 0 Å². The molecule has 1 aromatic carbocycles. The smallest absolute Gasteiger partial charge is 0.222 e. The van der Waals surface area contributed by atoms with Gasteiger partial charge < -0.3 is 10.1 Å². The summed E-state index contributed by atoms with van der Waals surface area (Å²) in [4.78, 5) is 19.1. The number of morpholine rings is 1. The van der Waals surface area contributed by atoms with Crippen molar-refractivity contribution in [1.29, 1.82) is 0 Å². The fourth-order valence-electron chi connectivity index (χ4n) is 3.35. The molecule has 1 fully saturated rings. The number of hydrogen-bond acceptors (Lipinski definition) is 4. The molecule has 0 saturated carbocycles. The zero-order chi connectivity index (χ0) is 18.4. The molecule has 1 aliphatic rings. The Morgan fingerprint density at radius 2 is 2.08 bits per heavy atom. The van der Waals surface area contributed by atoms with Gasteiger partial charge in [0.15, 0.2) is 0 Å². The molecule has 0 aliphatic carbocycles. The van der Waals surface area contributed by atoms with Gasteiger partial charge >= 0.3 is 0 Å². The van der Waals surface area contributed by atoms with Crippen molar-refractivity contribution in [3.05, 3.63) is 65.0 Å². The van der Waals surface area contributed by atoms with Crippen LogP contribution in [-0.4, -0.2) is 48.6 Å². The van der Waals surface area contributed by atoms with Crippen LogP contribution in [-0.2, 0) is 9.53 Å². The number of amides is 1. The van der Waals surface area contributed by atoms with E-state index in [9.17, 15) is 4.79 Å². The van der Waals surface area contributed by atoms with Gasteiger partial charge in [0.05, 0.1) is 19.3 Å². The van der Waals surface area contributed by atoms with Crippen molar-refractivity contribution in [2.75, 3.05) is 32.8 Å². The second-order valence-corrected chi connectivity index (χ2v) is 6.85. The molecule has 1 amide bonds. The zero-order valence-corrected chi connectivity index (χ0v) is 15.6. The largest absolute Gasteiger partial charge is 0.379 e. The van der Waals surface area contributed by atoms with E-state index in [4.69, 9.17) is 4.74 Å². The first-order valence-corrected chi connectivity index (χ1v) is 9.20. The molecule has 5 heteroatoms. The van der Waals surface area contributed by atoms with Crippen LogP contribution in [0.15, 0.2) is 42.7 Å². The maximum absolute atomic E-state index is 12.6. The first kappa shape index (κ1) is 18.5. The highest BCUT2D eigenvalue weighted by Crippen LogP contribution is 2.25. The molecule has 0 spiro atoms. The molecular formula is C21H27N3O2. The summed E-state index contributed by atoms with van der Waals surface area (Å²) < 4.78 is 5.36. The molecule has 3 rings (SSSR count). The van der Waals surface area contributed by atoms with Crippen molar-refractivity contribution in [1.82, 2.24) is 15.2 Å². The monoisotopic (exact) mass is 353 g/mol. The van der Waals surface area contributed by atoms with E-state index in [1.165, 1.54) is 11.1 Å². The van der Waals surface area contributed by atoms with Crippen molar-refractivity contribution in [2.24, 2.45) is 0 Å². The molecule has 1 aromatic heterocycles. The maximum atomic E-state index is 12.6. The fourth-order valence-corrected chi connectivity index (χ4v) is 3.35. The third-order valence-electron chi connectivity index (χ3n) is 4.82. The summed E-state index contributed by atoms with van der Waals surface area (Å²) in [5.74, 6) is 0.0605. The second kappa shape index (κ2) is 8.92. The fraction of sp³-hybridized carbons (Fsp3) is 0.429. The number of aromatic nitrogens is 1. The second-order valence-electron chi connectivity index (χ2n) is 6.85. The zero-order valence-electron chi connectivity index (χ0n) is 15.6. The van der Waals surface area contributed by atoms with Crippen LogP contribution < -0.4 is 5.32 Å². The number of nitrogens with one attached hydrogen (secondary N) is 1. The van der Waals surface area contributed by atoms with Crippen LogP contribution in [0.1, 0.15) is 34.7 Å². The van der Waals surface area contributed by atoms with Crippen LogP contribution >= 0.6 is 0 Å². The van der Waals surface area contributed by atoms with Crippen molar-refractivity contribution in [2.45, 2.75) is 26.3 Å². The maximum Gasteiger partial charge on any atom is 0.222 e. The molecule has 5 nitrogen and oxygen atoms in total. The summed E-state index contributed by atoms with van der Waals surface area (Å²) in [6.07, 6.45) is 4.07. The van der Waals surface area contributed by atoms with Gasteiger partial charge in [-0.25, -0.2) is 0 Å². The third kappa shape index (κ3) is 4.90. The van der Waals surface area contributed by atoms with Gasteiger partial charge in [-0.1, -0.05) is 29.8 Å². The number of hydrogen-bond donors (Lipinski definition) is 1. The number of benzene rings is 1. The van der Waals surface area contributed by atoms with Crippen LogP contribution in [0, 0.1) is 13.8 Å². The van der Waals surface area contributed by atoms with Gasteiger partial charge in [-0.2, -0.15) is 0 Å². The average molecular weight is 353 g/mol. The van der Waals surface area contributed by atoms with Crippen LogP contribution in [0.3, 0.4) is 0 Å². The first-order chi connectivity index (χ1) is 12.6. The van der Waals surface area contributed by atoms with Crippen molar-refractivity contribution in [3.8, 4) is 0 Å². The number of pyridine rings is 1. The molecule has 2 heterocycles. The minimum absolute atomic E-state index is 0.0605. The summed E-state index contributed by atoms with van der Waals surface area (Å²) in [5.41, 5.74) is 4.50. The molecule has 26 heavy (non-hydrogen) atoms. The Labute approximate surface area is 155 Å². The van der Waals surface area contributed by atoms with Gasteiger partial charge in [0, 0.05) is 38.4 Å². The molecular weight excluding hydrogens is 326 g/mol. The Bertz CT molecular complexity index is 727. The summed E-state index contributed by atoms with van der Waals surface area (Å²) >= 11 is 0. The predicted molar refractivity (Wildman–Crippen MR) is 102 cm³/mol. The minimum Gasteiger partial charge on any atom is -0.379 e. The summed E-state index contributed by atoms with van der Waals surface area (Å²) in [6.45, 7) is 8.24. The van der Waals surface area contributed by atoms with Crippen LogP contribution in [0.2, 0.25) is 0 Å². The quantitative estimate of drug-likeness (QED) is 0.867. The number of carbonyl (C=O) groups is 1. The summed E-state index contributed by atoms with van der Waals surface area (Å²) in [5, 5.41) is 3.21. The van der Waals surface area contributed by atoms with E-state index in [2.05, 4.69) is 47.2 Å². The SMILES string of the molecule is Cc1ccc(C(NC(=O)CCN2CCOCC2)c2cccnc2)c(C)c1. The lowest BCUT2D eigenvalue weighted by Gasteiger charge is -2.27. The minimum atomic E-state index is -0.179. The Morgan fingerprint density at radius 1 is 1.27 bits per heavy atom. The Balaban J connectivity index is 1.72. The topological polar surface area (TPSA) is 54.5 Å². The predicted octanol–water partition coefficient (Wildman–Crippen LogP) is 2.63. The standard InChI is InChI=1S/C21H27N3O2/c1-16-5-6-19(17(2)14-16)21(18-4-3-8-22-15-18)23-20(25)7-9-24-10-12-26-13-11-24/h3-6,8,14-15,21H,7,9-13H2,1-2H3,(H,23,25). The van der Waals surface area contributed by atoms with E-state index in [0.717, 1.165) is 44.0 Å². The number of aryl methyl sites for hydroxylation is 2. The Kier molecular flexibility index (Phi) is 6.36. The molecule has 0 bridgehead atoms. The lowest BCUT2D eigenvalue weighted by molar-refractivity contribution is -0.122. The van der Waals surface area contributed by atoms with Gasteiger partial charge in [0.1, 0.15) is 0 Å². The molecule has 2 aromatic rings. The third-order valence-corrected chi connectivity index (χ3v) is 4.82. The average Bonchev–Trinajstić information content (AvgIpc) is 2.66. The van der Waals surface area contributed by atoms with E-state index in [-0.39, 0.29) is 11.9 Å². The Hall–Kier alpha value is -2.24. The van der Waals surface area contributed by atoms with E-state index in [0.29, 0.717) is 6.42 Å².